The normalized spacial score (nSPS) is 14.5. The molecule has 0 spiro atoms. The Hall–Kier alpha value is -3.09. The Bertz CT molecular complexity index is 1270. The summed E-state index contributed by atoms with van der Waals surface area (Å²) in [5, 5.41) is 13.7. The number of carbonyl (C=O) groups excluding carboxylic acids is 1. The predicted molar refractivity (Wildman–Crippen MR) is 121 cm³/mol. The van der Waals surface area contributed by atoms with Crippen molar-refractivity contribution in [2.75, 3.05) is 0 Å². The zero-order valence-corrected chi connectivity index (χ0v) is 18.8. The maximum absolute atomic E-state index is 12.8. The Morgan fingerprint density at radius 3 is 2.53 bits per heavy atom. The molecule has 7 nitrogen and oxygen atoms in total. The molecule has 1 aliphatic rings. The highest BCUT2D eigenvalue weighted by molar-refractivity contribution is 6.00. The summed E-state index contributed by atoms with van der Waals surface area (Å²) >= 11 is 0. The van der Waals surface area contributed by atoms with Gasteiger partial charge in [-0.1, -0.05) is 13.3 Å². The Balaban J connectivity index is 1.67. The molecule has 7 heteroatoms. The number of carboxylic acids is 1. The Kier molecular flexibility index (Phi) is 6.09. The summed E-state index contributed by atoms with van der Waals surface area (Å²) in [6.45, 7) is 5.65. The van der Waals surface area contributed by atoms with Crippen molar-refractivity contribution in [1.29, 1.82) is 0 Å². The molecule has 3 aromatic rings. The average Bonchev–Trinajstić information content (AvgIpc) is 3.13. The summed E-state index contributed by atoms with van der Waals surface area (Å²) in [6.07, 6.45) is 5.39. The van der Waals surface area contributed by atoms with Crippen LogP contribution in [0.1, 0.15) is 67.0 Å². The molecule has 32 heavy (non-hydrogen) atoms. The highest BCUT2D eigenvalue weighted by Gasteiger charge is 2.23. The van der Waals surface area contributed by atoms with Crippen molar-refractivity contribution in [2.24, 2.45) is 0 Å². The number of carboxylic acid groups (broad SMARTS) is 1. The number of amides is 1. The van der Waals surface area contributed by atoms with E-state index in [4.69, 9.17) is 8.83 Å². The van der Waals surface area contributed by atoms with Crippen molar-refractivity contribution in [2.45, 2.75) is 78.2 Å². The molecular weight excluding hydrogens is 410 g/mol. The fourth-order valence-corrected chi connectivity index (χ4v) is 4.76. The molecule has 2 aromatic heterocycles. The summed E-state index contributed by atoms with van der Waals surface area (Å²) in [6, 6.07) is 1.14. The lowest BCUT2D eigenvalue weighted by Crippen LogP contribution is -2.40. The molecule has 2 heterocycles. The van der Waals surface area contributed by atoms with Gasteiger partial charge in [-0.25, -0.2) is 9.59 Å². The summed E-state index contributed by atoms with van der Waals surface area (Å²) in [5.74, 6) is -0.411. The number of aryl methyl sites for hydroxylation is 4. The van der Waals surface area contributed by atoms with Crippen LogP contribution in [0.25, 0.3) is 21.9 Å². The maximum atomic E-state index is 12.8. The molecule has 0 saturated carbocycles. The van der Waals surface area contributed by atoms with Crippen LogP contribution in [0.5, 0.6) is 0 Å². The van der Waals surface area contributed by atoms with Gasteiger partial charge in [0.2, 0.25) is 5.91 Å². The highest BCUT2D eigenvalue weighted by atomic mass is 16.4. The van der Waals surface area contributed by atoms with Crippen LogP contribution in [-0.4, -0.2) is 23.0 Å². The third-order valence-electron chi connectivity index (χ3n) is 6.54. The van der Waals surface area contributed by atoms with Crippen molar-refractivity contribution >= 4 is 33.8 Å². The number of fused-ring (bicyclic) bond motifs is 4. The Morgan fingerprint density at radius 2 is 1.81 bits per heavy atom. The second-order valence-corrected chi connectivity index (χ2v) is 8.71. The van der Waals surface area contributed by atoms with E-state index in [1.807, 2.05) is 20.8 Å². The van der Waals surface area contributed by atoms with Gasteiger partial charge in [-0.15, -0.1) is 0 Å². The first-order valence-electron chi connectivity index (χ1n) is 11.3. The first kappa shape index (κ1) is 22.1. The fourth-order valence-electron chi connectivity index (χ4n) is 4.76. The summed E-state index contributed by atoms with van der Waals surface area (Å²) in [7, 11) is 0. The van der Waals surface area contributed by atoms with Gasteiger partial charge >= 0.3 is 11.6 Å². The molecule has 0 aliphatic heterocycles. The van der Waals surface area contributed by atoms with Crippen molar-refractivity contribution < 1.29 is 23.5 Å². The van der Waals surface area contributed by atoms with Gasteiger partial charge in [0.05, 0.1) is 0 Å². The van der Waals surface area contributed by atoms with Crippen LogP contribution in [0.4, 0.5) is 0 Å². The number of hydrogen-bond acceptors (Lipinski definition) is 5. The van der Waals surface area contributed by atoms with Gasteiger partial charge < -0.3 is 19.3 Å². The van der Waals surface area contributed by atoms with E-state index in [0.29, 0.717) is 24.0 Å². The first-order chi connectivity index (χ1) is 15.3. The average molecular weight is 440 g/mol. The SMILES string of the molecule is CCC[C@@H](NC(=O)CCc1c(C)c2cc3c4c(oc3c(C)c2oc1=O)CCCC4)C(=O)O. The number of nitrogens with one attached hydrogen (secondary N) is 1. The van der Waals surface area contributed by atoms with Gasteiger partial charge in [0, 0.05) is 40.3 Å². The maximum Gasteiger partial charge on any atom is 0.339 e. The summed E-state index contributed by atoms with van der Waals surface area (Å²) < 4.78 is 11.8. The van der Waals surface area contributed by atoms with E-state index in [9.17, 15) is 19.5 Å². The van der Waals surface area contributed by atoms with Crippen molar-refractivity contribution in [3.8, 4) is 0 Å². The largest absolute Gasteiger partial charge is 0.480 e. The van der Waals surface area contributed by atoms with E-state index in [1.54, 1.807) is 0 Å². The van der Waals surface area contributed by atoms with E-state index < -0.39 is 17.6 Å². The molecule has 0 unspecified atom stereocenters. The number of benzene rings is 1. The van der Waals surface area contributed by atoms with Crippen LogP contribution in [-0.2, 0) is 28.9 Å². The van der Waals surface area contributed by atoms with E-state index in [-0.39, 0.29) is 18.7 Å². The zero-order chi connectivity index (χ0) is 23.0. The molecule has 0 radical (unpaired) electrons. The lowest BCUT2D eigenvalue weighted by atomic mass is 9.93. The Labute approximate surface area is 185 Å². The number of aliphatic carboxylic acids is 1. The van der Waals surface area contributed by atoms with Crippen LogP contribution in [0.15, 0.2) is 19.7 Å². The van der Waals surface area contributed by atoms with Crippen LogP contribution >= 0.6 is 0 Å². The lowest BCUT2D eigenvalue weighted by molar-refractivity contribution is -0.142. The van der Waals surface area contributed by atoms with Gasteiger partial charge in [0.15, 0.2) is 0 Å². The van der Waals surface area contributed by atoms with Crippen LogP contribution in [0.2, 0.25) is 0 Å². The molecule has 0 bridgehead atoms. The van der Waals surface area contributed by atoms with Crippen LogP contribution in [0, 0.1) is 13.8 Å². The van der Waals surface area contributed by atoms with Crippen molar-refractivity contribution in [3.63, 3.8) is 0 Å². The van der Waals surface area contributed by atoms with E-state index in [2.05, 4.69) is 11.4 Å². The number of rotatable bonds is 7. The van der Waals surface area contributed by atoms with Gasteiger partial charge in [0.25, 0.3) is 0 Å². The smallest absolute Gasteiger partial charge is 0.339 e. The second-order valence-electron chi connectivity index (χ2n) is 8.71. The third kappa shape index (κ3) is 3.92. The number of hydrogen-bond donors (Lipinski definition) is 2. The molecule has 2 N–H and O–H groups in total. The zero-order valence-electron chi connectivity index (χ0n) is 18.8. The molecule has 170 valence electrons. The second kappa shape index (κ2) is 8.81. The third-order valence-corrected chi connectivity index (χ3v) is 6.54. The molecular formula is C25H29NO6. The van der Waals surface area contributed by atoms with Crippen LogP contribution in [0.3, 0.4) is 0 Å². The van der Waals surface area contributed by atoms with Gasteiger partial charge in [0.1, 0.15) is 23.0 Å². The summed E-state index contributed by atoms with van der Waals surface area (Å²) in [4.78, 5) is 36.4. The Morgan fingerprint density at radius 1 is 1.09 bits per heavy atom. The molecule has 1 amide bonds. The monoisotopic (exact) mass is 439 g/mol. The minimum absolute atomic E-state index is 0.0208. The highest BCUT2D eigenvalue weighted by Crippen LogP contribution is 2.37. The van der Waals surface area contributed by atoms with Crippen molar-refractivity contribution in [3.05, 3.63) is 44.5 Å². The van der Waals surface area contributed by atoms with E-state index >= 15 is 0 Å². The molecule has 0 saturated heterocycles. The quantitative estimate of drug-likeness (QED) is 0.530. The van der Waals surface area contributed by atoms with E-state index in [1.165, 1.54) is 5.56 Å². The topological polar surface area (TPSA) is 110 Å². The van der Waals surface area contributed by atoms with Crippen molar-refractivity contribution in [1.82, 2.24) is 5.32 Å². The molecule has 1 aliphatic carbocycles. The minimum atomic E-state index is -1.05. The molecule has 1 aromatic carbocycles. The molecule has 1 atom stereocenters. The van der Waals surface area contributed by atoms with Gasteiger partial charge in [-0.3, -0.25) is 4.79 Å². The van der Waals surface area contributed by atoms with Gasteiger partial charge in [-0.05, 0) is 57.6 Å². The number of furan rings is 1. The standard InChI is InChI=1S/C25H29NO6/c1-4-7-19(24(28)29)26-21(27)11-10-15-13(2)17-12-18-16-8-5-6-9-20(16)31-23(18)14(3)22(17)32-25(15)30/h12,19H,4-11H2,1-3H3,(H,26,27)(H,28,29)/t19-/m1/s1. The number of carbonyl (C=O) groups is 2. The first-order valence-corrected chi connectivity index (χ1v) is 11.3. The minimum Gasteiger partial charge on any atom is -0.480 e. The van der Waals surface area contributed by atoms with Crippen LogP contribution < -0.4 is 10.9 Å². The molecule has 0 fully saturated rings. The fraction of sp³-hybridized carbons (Fsp3) is 0.480. The summed E-state index contributed by atoms with van der Waals surface area (Å²) in [5.41, 5.74) is 4.15. The van der Waals surface area contributed by atoms with E-state index in [0.717, 1.165) is 58.9 Å². The van der Waals surface area contributed by atoms with Gasteiger partial charge in [-0.2, -0.15) is 0 Å². The molecule has 4 rings (SSSR count). The lowest BCUT2D eigenvalue weighted by Gasteiger charge is -2.14. The predicted octanol–water partition coefficient (Wildman–Crippen LogP) is 4.34.